The molecule has 3 heteroatoms. The van der Waals surface area contributed by atoms with Crippen LogP contribution in [-0.4, -0.2) is 24.7 Å². The highest BCUT2D eigenvalue weighted by Gasteiger charge is 2.14. The number of aromatic nitrogens is 1. The van der Waals surface area contributed by atoms with E-state index in [1.807, 2.05) is 12.4 Å². The minimum Gasteiger partial charge on any atom is -0.381 e. The van der Waals surface area contributed by atoms with Crippen LogP contribution in [0.2, 0.25) is 0 Å². The number of ether oxygens (including phenoxy) is 1. The summed E-state index contributed by atoms with van der Waals surface area (Å²) < 4.78 is 5.36. The maximum atomic E-state index is 5.36. The quantitative estimate of drug-likeness (QED) is 0.844. The smallest absolute Gasteiger partial charge is 0.0469 e. The lowest BCUT2D eigenvalue weighted by Crippen LogP contribution is -2.29. The zero-order valence-corrected chi connectivity index (χ0v) is 9.86. The predicted molar refractivity (Wildman–Crippen MR) is 64.2 cm³/mol. The largest absolute Gasteiger partial charge is 0.381 e. The van der Waals surface area contributed by atoms with Crippen LogP contribution in [0.25, 0.3) is 0 Å². The normalized spacial score (nSPS) is 19.6. The van der Waals surface area contributed by atoms with Gasteiger partial charge in [-0.05, 0) is 49.9 Å². The lowest BCUT2D eigenvalue weighted by atomic mass is 9.99. The third kappa shape index (κ3) is 3.29. The van der Waals surface area contributed by atoms with Crippen LogP contribution in [0, 0.1) is 5.92 Å². The van der Waals surface area contributed by atoms with Crippen molar-refractivity contribution < 1.29 is 4.74 Å². The highest BCUT2D eigenvalue weighted by Crippen LogP contribution is 2.16. The van der Waals surface area contributed by atoms with Crippen LogP contribution in [0.15, 0.2) is 24.5 Å². The van der Waals surface area contributed by atoms with Crippen LogP contribution < -0.4 is 5.32 Å². The minimum atomic E-state index is 0.408. The van der Waals surface area contributed by atoms with Gasteiger partial charge in [-0.2, -0.15) is 0 Å². The van der Waals surface area contributed by atoms with Crippen LogP contribution in [0.3, 0.4) is 0 Å². The summed E-state index contributed by atoms with van der Waals surface area (Å²) in [6.45, 7) is 5.15. The molecule has 0 aromatic carbocycles. The van der Waals surface area contributed by atoms with Crippen molar-refractivity contribution in [1.82, 2.24) is 10.3 Å². The molecule has 0 spiro atoms. The van der Waals surface area contributed by atoms with Crippen molar-refractivity contribution in [2.24, 2.45) is 5.92 Å². The average molecular weight is 220 g/mol. The van der Waals surface area contributed by atoms with Crippen LogP contribution in [0.1, 0.15) is 31.4 Å². The van der Waals surface area contributed by atoms with E-state index >= 15 is 0 Å². The molecule has 2 rings (SSSR count). The Morgan fingerprint density at radius 1 is 1.38 bits per heavy atom. The van der Waals surface area contributed by atoms with Gasteiger partial charge in [-0.25, -0.2) is 0 Å². The van der Waals surface area contributed by atoms with E-state index in [1.54, 1.807) is 0 Å². The maximum Gasteiger partial charge on any atom is 0.0469 e. The summed E-state index contributed by atoms with van der Waals surface area (Å²) in [5.74, 6) is 0.776. The average Bonchev–Trinajstić information content (AvgIpc) is 2.38. The zero-order chi connectivity index (χ0) is 11.2. The van der Waals surface area contributed by atoms with Gasteiger partial charge in [0.25, 0.3) is 0 Å². The number of nitrogens with zero attached hydrogens (tertiary/aromatic N) is 1. The first-order chi connectivity index (χ1) is 7.86. The molecule has 0 radical (unpaired) electrons. The fraction of sp³-hybridized carbons (Fsp3) is 0.615. The third-order valence-electron chi connectivity index (χ3n) is 3.26. The molecule has 1 aromatic heterocycles. The summed E-state index contributed by atoms with van der Waals surface area (Å²) in [6, 6.07) is 4.55. The summed E-state index contributed by atoms with van der Waals surface area (Å²) >= 11 is 0. The van der Waals surface area contributed by atoms with Gasteiger partial charge in [-0.15, -0.1) is 0 Å². The van der Waals surface area contributed by atoms with E-state index in [0.717, 1.165) is 25.7 Å². The molecule has 1 aromatic rings. The molecular weight excluding hydrogens is 200 g/mol. The lowest BCUT2D eigenvalue weighted by molar-refractivity contribution is 0.0656. The third-order valence-corrected chi connectivity index (χ3v) is 3.26. The molecule has 16 heavy (non-hydrogen) atoms. The molecule has 1 fully saturated rings. The number of nitrogens with one attached hydrogen (secondary N) is 1. The molecule has 1 aliphatic heterocycles. The minimum absolute atomic E-state index is 0.408. The summed E-state index contributed by atoms with van der Waals surface area (Å²) in [4.78, 5) is 4.03. The van der Waals surface area contributed by atoms with E-state index in [-0.39, 0.29) is 0 Å². The SMILES string of the molecule is CC(NCC1CCOCC1)c1ccncc1. The lowest BCUT2D eigenvalue weighted by Gasteiger charge is -2.24. The molecule has 1 atom stereocenters. The van der Waals surface area contributed by atoms with Gasteiger partial charge >= 0.3 is 0 Å². The van der Waals surface area contributed by atoms with Crippen molar-refractivity contribution in [2.75, 3.05) is 19.8 Å². The first-order valence-electron chi connectivity index (χ1n) is 6.07. The fourth-order valence-electron chi connectivity index (χ4n) is 2.06. The molecule has 0 aliphatic carbocycles. The molecule has 1 saturated heterocycles. The monoisotopic (exact) mass is 220 g/mol. The Labute approximate surface area is 97.2 Å². The topological polar surface area (TPSA) is 34.1 Å². The fourth-order valence-corrected chi connectivity index (χ4v) is 2.06. The van der Waals surface area contributed by atoms with Gasteiger partial charge in [-0.1, -0.05) is 0 Å². The number of pyridine rings is 1. The molecule has 3 nitrogen and oxygen atoms in total. The van der Waals surface area contributed by atoms with E-state index in [2.05, 4.69) is 29.4 Å². The molecular formula is C13H20N2O. The Morgan fingerprint density at radius 2 is 2.06 bits per heavy atom. The van der Waals surface area contributed by atoms with Crippen molar-refractivity contribution in [1.29, 1.82) is 0 Å². The second-order valence-electron chi connectivity index (χ2n) is 4.47. The first-order valence-corrected chi connectivity index (χ1v) is 6.07. The van der Waals surface area contributed by atoms with Gasteiger partial charge in [0.1, 0.15) is 0 Å². The van der Waals surface area contributed by atoms with Gasteiger partial charge in [0, 0.05) is 31.6 Å². The summed E-state index contributed by atoms with van der Waals surface area (Å²) in [5.41, 5.74) is 1.31. The molecule has 0 bridgehead atoms. The van der Waals surface area contributed by atoms with Crippen LogP contribution in [0.5, 0.6) is 0 Å². The zero-order valence-electron chi connectivity index (χ0n) is 9.86. The molecule has 0 amide bonds. The summed E-state index contributed by atoms with van der Waals surface area (Å²) in [5, 5.41) is 3.59. The Hall–Kier alpha value is -0.930. The standard InChI is InChI=1S/C13H20N2O/c1-11(13-2-6-14-7-3-13)15-10-12-4-8-16-9-5-12/h2-3,6-7,11-12,15H,4-5,8-10H2,1H3. The van der Waals surface area contributed by atoms with Gasteiger partial charge in [0.05, 0.1) is 0 Å². The van der Waals surface area contributed by atoms with E-state index in [4.69, 9.17) is 4.74 Å². The highest BCUT2D eigenvalue weighted by molar-refractivity contribution is 5.13. The highest BCUT2D eigenvalue weighted by atomic mass is 16.5. The Morgan fingerprint density at radius 3 is 2.75 bits per heavy atom. The molecule has 88 valence electrons. The van der Waals surface area contributed by atoms with Gasteiger partial charge in [0.15, 0.2) is 0 Å². The number of hydrogen-bond donors (Lipinski definition) is 1. The maximum absolute atomic E-state index is 5.36. The first kappa shape index (κ1) is 11.6. The van der Waals surface area contributed by atoms with Crippen molar-refractivity contribution in [3.8, 4) is 0 Å². The van der Waals surface area contributed by atoms with E-state index < -0.39 is 0 Å². The predicted octanol–water partition coefficient (Wildman–Crippen LogP) is 2.16. The number of hydrogen-bond acceptors (Lipinski definition) is 3. The van der Waals surface area contributed by atoms with Gasteiger partial charge in [-0.3, -0.25) is 4.98 Å². The molecule has 1 unspecified atom stereocenters. The van der Waals surface area contributed by atoms with Gasteiger partial charge in [0.2, 0.25) is 0 Å². The molecule has 1 aliphatic rings. The van der Waals surface area contributed by atoms with Crippen LogP contribution in [0.4, 0.5) is 0 Å². The molecule has 0 saturated carbocycles. The van der Waals surface area contributed by atoms with Crippen molar-refractivity contribution in [3.05, 3.63) is 30.1 Å². The molecule has 2 heterocycles. The van der Waals surface area contributed by atoms with Crippen molar-refractivity contribution in [2.45, 2.75) is 25.8 Å². The van der Waals surface area contributed by atoms with E-state index in [0.29, 0.717) is 6.04 Å². The molecule has 1 N–H and O–H groups in total. The summed E-state index contributed by atoms with van der Waals surface area (Å²) in [7, 11) is 0. The Balaban J connectivity index is 1.77. The van der Waals surface area contributed by atoms with Gasteiger partial charge < -0.3 is 10.1 Å². The van der Waals surface area contributed by atoms with Crippen molar-refractivity contribution in [3.63, 3.8) is 0 Å². The Bertz CT molecular complexity index is 296. The van der Waals surface area contributed by atoms with Crippen LogP contribution >= 0.6 is 0 Å². The second-order valence-corrected chi connectivity index (χ2v) is 4.47. The number of rotatable bonds is 4. The van der Waals surface area contributed by atoms with Crippen molar-refractivity contribution >= 4 is 0 Å². The second kappa shape index (κ2) is 5.97. The summed E-state index contributed by atoms with van der Waals surface area (Å²) in [6.07, 6.45) is 6.08. The van der Waals surface area contributed by atoms with Crippen LogP contribution in [-0.2, 0) is 4.74 Å². The van der Waals surface area contributed by atoms with E-state index in [9.17, 15) is 0 Å². The van der Waals surface area contributed by atoms with E-state index in [1.165, 1.54) is 18.4 Å². The Kier molecular flexibility index (Phi) is 4.31.